The van der Waals surface area contributed by atoms with Crippen LogP contribution >= 0.6 is 0 Å². The Morgan fingerprint density at radius 2 is 2.14 bits per heavy atom. The van der Waals surface area contributed by atoms with Crippen molar-refractivity contribution in [3.05, 3.63) is 24.3 Å². The molecule has 0 bridgehead atoms. The SMILES string of the molecule is C=CCOC(=O)C(C)=CCCN(C)C. The van der Waals surface area contributed by atoms with Crippen molar-refractivity contribution in [2.75, 3.05) is 27.2 Å². The lowest BCUT2D eigenvalue weighted by Crippen LogP contribution is -2.12. The second-order valence-electron chi connectivity index (χ2n) is 3.37. The predicted molar refractivity (Wildman–Crippen MR) is 58.1 cm³/mol. The van der Waals surface area contributed by atoms with E-state index in [1.54, 1.807) is 13.0 Å². The molecule has 0 aliphatic heterocycles. The summed E-state index contributed by atoms with van der Waals surface area (Å²) in [5, 5.41) is 0. The summed E-state index contributed by atoms with van der Waals surface area (Å²) in [4.78, 5) is 13.3. The van der Waals surface area contributed by atoms with Gasteiger partial charge in [-0.1, -0.05) is 18.7 Å². The van der Waals surface area contributed by atoms with Gasteiger partial charge >= 0.3 is 5.97 Å². The number of hydrogen-bond acceptors (Lipinski definition) is 3. The van der Waals surface area contributed by atoms with Crippen molar-refractivity contribution >= 4 is 5.97 Å². The Morgan fingerprint density at radius 1 is 1.50 bits per heavy atom. The molecule has 0 N–H and O–H groups in total. The highest BCUT2D eigenvalue weighted by atomic mass is 16.5. The highest BCUT2D eigenvalue weighted by Gasteiger charge is 2.03. The Labute approximate surface area is 86.0 Å². The molecular formula is C11H19NO2. The van der Waals surface area contributed by atoms with E-state index < -0.39 is 0 Å². The van der Waals surface area contributed by atoms with Crippen molar-refractivity contribution in [2.45, 2.75) is 13.3 Å². The average Bonchev–Trinajstić information content (AvgIpc) is 2.13. The summed E-state index contributed by atoms with van der Waals surface area (Å²) >= 11 is 0. The van der Waals surface area contributed by atoms with Crippen LogP contribution in [-0.2, 0) is 9.53 Å². The van der Waals surface area contributed by atoms with Crippen LogP contribution in [0.15, 0.2) is 24.3 Å². The van der Waals surface area contributed by atoms with Crippen molar-refractivity contribution in [2.24, 2.45) is 0 Å². The Morgan fingerprint density at radius 3 is 2.64 bits per heavy atom. The van der Waals surface area contributed by atoms with Crippen LogP contribution in [0.3, 0.4) is 0 Å². The minimum Gasteiger partial charge on any atom is -0.458 e. The standard InChI is InChI=1S/C11H19NO2/c1-5-9-14-11(13)10(2)7-6-8-12(3)4/h5,7H,1,6,8-9H2,2-4H3. The van der Waals surface area contributed by atoms with Gasteiger partial charge in [-0.2, -0.15) is 0 Å². The van der Waals surface area contributed by atoms with Crippen LogP contribution in [0.4, 0.5) is 0 Å². The number of ether oxygens (including phenoxy) is 1. The van der Waals surface area contributed by atoms with Gasteiger partial charge in [-0.25, -0.2) is 4.79 Å². The van der Waals surface area contributed by atoms with E-state index in [0.717, 1.165) is 13.0 Å². The third-order valence-corrected chi connectivity index (χ3v) is 1.68. The quantitative estimate of drug-likeness (QED) is 0.368. The number of rotatable bonds is 6. The summed E-state index contributed by atoms with van der Waals surface area (Å²) < 4.78 is 4.87. The summed E-state index contributed by atoms with van der Waals surface area (Å²) in [6.07, 6.45) is 4.32. The zero-order valence-electron chi connectivity index (χ0n) is 9.25. The first kappa shape index (κ1) is 12.9. The highest BCUT2D eigenvalue weighted by Crippen LogP contribution is 1.99. The average molecular weight is 197 g/mol. The lowest BCUT2D eigenvalue weighted by molar-refractivity contribution is -0.137. The monoisotopic (exact) mass is 197 g/mol. The van der Waals surface area contributed by atoms with E-state index in [0.29, 0.717) is 5.57 Å². The molecule has 0 aromatic carbocycles. The van der Waals surface area contributed by atoms with E-state index in [2.05, 4.69) is 11.5 Å². The highest BCUT2D eigenvalue weighted by molar-refractivity contribution is 5.87. The van der Waals surface area contributed by atoms with E-state index >= 15 is 0 Å². The summed E-state index contributed by atoms with van der Waals surface area (Å²) in [7, 11) is 4.00. The maximum absolute atomic E-state index is 11.2. The smallest absolute Gasteiger partial charge is 0.333 e. The molecule has 80 valence electrons. The fourth-order valence-electron chi connectivity index (χ4n) is 0.871. The van der Waals surface area contributed by atoms with Crippen molar-refractivity contribution in [3.8, 4) is 0 Å². The number of hydrogen-bond donors (Lipinski definition) is 0. The Hall–Kier alpha value is -1.09. The second-order valence-corrected chi connectivity index (χ2v) is 3.37. The molecule has 0 radical (unpaired) electrons. The van der Waals surface area contributed by atoms with Gasteiger partial charge < -0.3 is 9.64 Å². The topological polar surface area (TPSA) is 29.5 Å². The van der Waals surface area contributed by atoms with E-state index in [9.17, 15) is 4.79 Å². The van der Waals surface area contributed by atoms with Crippen LogP contribution in [-0.4, -0.2) is 38.1 Å². The van der Waals surface area contributed by atoms with Gasteiger partial charge in [0.15, 0.2) is 0 Å². The Bertz CT molecular complexity index is 219. The zero-order valence-corrected chi connectivity index (χ0v) is 9.25. The molecule has 0 unspecified atom stereocenters. The summed E-state index contributed by atoms with van der Waals surface area (Å²) in [5.41, 5.74) is 0.661. The summed E-state index contributed by atoms with van der Waals surface area (Å²) in [6.45, 7) is 6.45. The molecule has 0 aromatic rings. The first-order valence-corrected chi connectivity index (χ1v) is 4.67. The van der Waals surface area contributed by atoms with Crippen LogP contribution in [0.5, 0.6) is 0 Å². The van der Waals surface area contributed by atoms with E-state index in [4.69, 9.17) is 4.74 Å². The molecule has 0 fully saturated rings. The summed E-state index contributed by atoms with van der Waals surface area (Å²) in [6, 6.07) is 0. The minimum atomic E-state index is -0.261. The lowest BCUT2D eigenvalue weighted by Gasteiger charge is -2.07. The molecular weight excluding hydrogens is 178 g/mol. The normalized spacial score (nSPS) is 11.6. The first-order valence-electron chi connectivity index (χ1n) is 4.67. The maximum Gasteiger partial charge on any atom is 0.333 e. The van der Waals surface area contributed by atoms with Gasteiger partial charge in [-0.05, 0) is 27.4 Å². The third-order valence-electron chi connectivity index (χ3n) is 1.68. The van der Waals surface area contributed by atoms with E-state index in [-0.39, 0.29) is 12.6 Å². The molecule has 3 heteroatoms. The van der Waals surface area contributed by atoms with Gasteiger partial charge in [0, 0.05) is 12.1 Å². The van der Waals surface area contributed by atoms with Crippen LogP contribution < -0.4 is 0 Å². The Kier molecular flexibility index (Phi) is 6.76. The van der Waals surface area contributed by atoms with Gasteiger partial charge in [0.25, 0.3) is 0 Å². The molecule has 3 nitrogen and oxygen atoms in total. The maximum atomic E-state index is 11.2. The Balaban J connectivity index is 3.84. The number of carbonyl (C=O) groups is 1. The van der Waals surface area contributed by atoms with Crippen molar-refractivity contribution in [1.29, 1.82) is 0 Å². The van der Waals surface area contributed by atoms with Crippen LogP contribution in [0, 0.1) is 0 Å². The molecule has 0 aromatic heterocycles. The molecule has 0 spiro atoms. The molecule has 0 heterocycles. The summed E-state index contributed by atoms with van der Waals surface area (Å²) in [5.74, 6) is -0.261. The molecule has 14 heavy (non-hydrogen) atoms. The zero-order chi connectivity index (χ0) is 11.0. The fourth-order valence-corrected chi connectivity index (χ4v) is 0.871. The molecule has 0 rings (SSSR count). The van der Waals surface area contributed by atoms with Crippen LogP contribution in [0.1, 0.15) is 13.3 Å². The molecule has 0 aliphatic carbocycles. The molecule has 0 atom stereocenters. The lowest BCUT2D eigenvalue weighted by atomic mass is 10.2. The molecule has 0 saturated heterocycles. The van der Waals surface area contributed by atoms with Crippen LogP contribution in [0.2, 0.25) is 0 Å². The van der Waals surface area contributed by atoms with Gasteiger partial charge in [-0.15, -0.1) is 0 Å². The number of nitrogens with zero attached hydrogens (tertiary/aromatic N) is 1. The van der Waals surface area contributed by atoms with E-state index in [1.807, 2.05) is 20.2 Å². The molecule has 0 aliphatic rings. The number of esters is 1. The second kappa shape index (κ2) is 7.33. The number of carbonyl (C=O) groups excluding carboxylic acids is 1. The van der Waals surface area contributed by atoms with Gasteiger partial charge in [0.1, 0.15) is 6.61 Å². The van der Waals surface area contributed by atoms with Gasteiger partial charge in [0.2, 0.25) is 0 Å². The van der Waals surface area contributed by atoms with Gasteiger partial charge in [0.05, 0.1) is 0 Å². The van der Waals surface area contributed by atoms with Crippen LogP contribution in [0.25, 0.3) is 0 Å². The van der Waals surface area contributed by atoms with Crippen molar-refractivity contribution < 1.29 is 9.53 Å². The third kappa shape index (κ3) is 6.43. The predicted octanol–water partition coefficient (Wildman–Crippen LogP) is 1.61. The minimum absolute atomic E-state index is 0.261. The van der Waals surface area contributed by atoms with Gasteiger partial charge in [-0.3, -0.25) is 0 Å². The van der Waals surface area contributed by atoms with Crippen molar-refractivity contribution in [3.63, 3.8) is 0 Å². The molecule has 0 saturated carbocycles. The largest absolute Gasteiger partial charge is 0.458 e. The molecule has 0 amide bonds. The first-order chi connectivity index (χ1) is 6.57. The fraction of sp³-hybridized carbons (Fsp3) is 0.545. The van der Waals surface area contributed by atoms with Crippen molar-refractivity contribution in [1.82, 2.24) is 4.90 Å². The van der Waals surface area contributed by atoms with E-state index in [1.165, 1.54) is 0 Å².